The minimum Gasteiger partial charge on any atom is -0.494 e. The van der Waals surface area contributed by atoms with Crippen molar-refractivity contribution in [3.8, 4) is 28.3 Å². The highest BCUT2D eigenvalue weighted by atomic mass is 16.5. The van der Waals surface area contributed by atoms with Crippen molar-refractivity contribution < 1.29 is 24.2 Å². The van der Waals surface area contributed by atoms with E-state index in [1.807, 2.05) is 60.7 Å². The summed E-state index contributed by atoms with van der Waals surface area (Å²) in [6.45, 7) is 5.57. The van der Waals surface area contributed by atoms with Crippen molar-refractivity contribution in [3.63, 3.8) is 0 Å². The molecule has 1 aromatic heterocycles. The number of aryl methyl sites for hydroxylation is 1. The number of carbonyl (C=O) groups excluding carboxylic acids is 2. The average molecular weight is 691 g/mol. The number of aliphatic carboxylic acids is 1. The second kappa shape index (κ2) is 18.8. The van der Waals surface area contributed by atoms with E-state index in [0.29, 0.717) is 24.4 Å². The molecular weight excluding hydrogens is 640 g/mol. The molecule has 2 N–H and O–H groups in total. The topological polar surface area (TPSA) is 122 Å². The molecule has 1 aliphatic rings. The van der Waals surface area contributed by atoms with Gasteiger partial charge in [-0.15, -0.1) is 0 Å². The average Bonchev–Trinajstić information content (AvgIpc) is 3.67. The summed E-state index contributed by atoms with van der Waals surface area (Å²) < 4.78 is 5.90. The Balaban J connectivity index is 1.22. The molecule has 2 heterocycles. The number of hydrogen-bond acceptors (Lipinski definition) is 6. The second-order valence-electron chi connectivity index (χ2n) is 13.4. The van der Waals surface area contributed by atoms with E-state index < -0.39 is 17.9 Å². The number of carboxylic acids is 1. The summed E-state index contributed by atoms with van der Waals surface area (Å²) >= 11 is 0. The molecule has 0 saturated carbocycles. The van der Waals surface area contributed by atoms with Gasteiger partial charge in [0.15, 0.2) is 5.82 Å². The van der Waals surface area contributed by atoms with Gasteiger partial charge in [0.05, 0.1) is 12.5 Å². The lowest BCUT2D eigenvalue weighted by molar-refractivity contribution is -0.141. The molecule has 1 fully saturated rings. The Morgan fingerprint density at radius 1 is 0.804 bits per heavy atom. The molecule has 5 rings (SSSR count). The predicted octanol–water partition coefficient (Wildman–Crippen LogP) is 7.78. The van der Waals surface area contributed by atoms with Crippen LogP contribution >= 0.6 is 0 Å². The first kappa shape index (κ1) is 37.2. The summed E-state index contributed by atoms with van der Waals surface area (Å²) in [5.41, 5.74) is 5.23. The number of likely N-dealkylation sites (tertiary alicyclic amines) is 1. The van der Waals surface area contributed by atoms with Crippen molar-refractivity contribution in [1.29, 1.82) is 0 Å². The van der Waals surface area contributed by atoms with Gasteiger partial charge in [0.2, 0.25) is 5.91 Å². The van der Waals surface area contributed by atoms with Gasteiger partial charge in [-0.1, -0.05) is 94.5 Å². The van der Waals surface area contributed by atoms with Gasteiger partial charge in [-0.2, -0.15) is 0 Å². The molecule has 0 aliphatic carbocycles. The first-order valence-electron chi connectivity index (χ1n) is 18.4. The van der Waals surface area contributed by atoms with Crippen LogP contribution in [0, 0.1) is 5.92 Å². The summed E-state index contributed by atoms with van der Waals surface area (Å²) in [6.07, 6.45) is 13.4. The van der Waals surface area contributed by atoms with Gasteiger partial charge in [0.1, 0.15) is 11.8 Å². The van der Waals surface area contributed by atoms with Gasteiger partial charge in [0, 0.05) is 48.6 Å². The molecule has 1 aliphatic heterocycles. The highest BCUT2D eigenvalue weighted by Gasteiger charge is 2.35. The number of hydrogen-bond donors (Lipinski definition) is 2. The SMILES string of the molecule is CCCCCCCOc1ccc(-c2cnc(-c3ccc(CC(NC(=O)c4ccc(CCCC)cc4)C(=O)N4CCC(C(=O)O)C4)cc3)nc2)cc1. The Kier molecular flexibility index (Phi) is 13.7. The molecule has 4 aromatic rings. The molecule has 2 atom stereocenters. The van der Waals surface area contributed by atoms with E-state index in [4.69, 9.17) is 4.74 Å². The molecule has 268 valence electrons. The van der Waals surface area contributed by atoms with E-state index in [1.165, 1.54) is 31.2 Å². The van der Waals surface area contributed by atoms with E-state index in [0.717, 1.165) is 60.3 Å². The van der Waals surface area contributed by atoms with Gasteiger partial charge < -0.3 is 20.1 Å². The van der Waals surface area contributed by atoms with Crippen LogP contribution < -0.4 is 10.1 Å². The Morgan fingerprint density at radius 3 is 2.10 bits per heavy atom. The van der Waals surface area contributed by atoms with Crippen LogP contribution in [0.5, 0.6) is 5.75 Å². The van der Waals surface area contributed by atoms with Crippen molar-refractivity contribution in [1.82, 2.24) is 20.2 Å². The fraction of sp³-hybridized carbons (Fsp3) is 0.405. The maximum absolute atomic E-state index is 13.7. The van der Waals surface area contributed by atoms with Crippen LogP contribution in [0.15, 0.2) is 85.2 Å². The number of nitrogens with zero attached hydrogens (tertiary/aromatic N) is 3. The first-order valence-corrected chi connectivity index (χ1v) is 18.4. The van der Waals surface area contributed by atoms with Crippen molar-refractivity contribution in [2.45, 2.75) is 84.1 Å². The number of carboxylic acid groups (broad SMARTS) is 1. The summed E-state index contributed by atoms with van der Waals surface area (Å²) in [7, 11) is 0. The van der Waals surface area contributed by atoms with E-state index in [1.54, 1.807) is 29.4 Å². The predicted molar refractivity (Wildman–Crippen MR) is 199 cm³/mol. The third-order valence-corrected chi connectivity index (χ3v) is 9.50. The molecular formula is C42H50N4O5. The van der Waals surface area contributed by atoms with E-state index in [-0.39, 0.29) is 24.8 Å². The largest absolute Gasteiger partial charge is 0.494 e. The number of carbonyl (C=O) groups is 3. The number of unbranched alkanes of at least 4 members (excludes halogenated alkanes) is 5. The zero-order valence-corrected chi connectivity index (χ0v) is 29.9. The van der Waals surface area contributed by atoms with Gasteiger partial charge in [0.25, 0.3) is 5.91 Å². The lowest BCUT2D eigenvalue weighted by Gasteiger charge is -2.24. The lowest BCUT2D eigenvalue weighted by Crippen LogP contribution is -2.49. The molecule has 9 nitrogen and oxygen atoms in total. The monoisotopic (exact) mass is 690 g/mol. The lowest BCUT2D eigenvalue weighted by atomic mass is 10.0. The summed E-state index contributed by atoms with van der Waals surface area (Å²) in [5, 5.41) is 12.4. The number of amides is 2. The first-order chi connectivity index (χ1) is 24.8. The fourth-order valence-corrected chi connectivity index (χ4v) is 6.32. The molecule has 0 spiro atoms. The normalized spacial score (nSPS) is 14.6. The molecule has 2 amide bonds. The molecule has 2 unspecified atom stereocenters. The molecule has 1 saturated heterocycles. The number of benzene rings is 3. The van der Waals surface area contributed by atoms with E-state index >= 15 is 0 Å². The van der Waals surface area contributed by atoms with Crippen molar-refractivity contribution in [2.24, 2.45) is 5.92 Å². The van der Waals surface area contributed by atoms with E-state index in [9.17, 15) is 19.5 Å². The van der Waals surface area contributed by atoms with Crippen LogP contribution in [0.2, 0.25) is 0 Å². The van der Waals surface area contributed by atoms with Gasteiger partial charge in [-0.05, 0) is 66.6 Å². The molecule has 9 heteroatoms. The van der Waals surface area contributed by atoms with Gasteiger partial charge in [-0.25, -0.2) is 9.97 Å². The van der Waals surface area contributed by atoms with Crippen LogP contribution in [0.3, 0.4) is 0 Å². The molecule has 3 aromatic carbocycles. The van der Waals surface area contributed by atoms with Gasteiger partial charge >= 0.3 is 5.97 Å². The molecule has 0 bridgehead atoms. The Morgan fingerprint density at radius 2 is 1.45 bits per heavy atom. The van der Waals surface area contributed by atoms with Crippen LogP contribution in [-0.4, -0.2) is 63.5 Å². The zero-order chi connectivity index (χ0) is 36.0. The smallest absolute Gasteiger partial charge is 0.308 e. The number of rotatable bonds is 18. The summed E-state index contributed by atoms with van der Waals surface area (Å²) in [6, 6.07) is 22.3. The standard InChI is InChI=1S/C42H50N4O5/c1-3-5-7-8-9-25-51-37-21-19-32(20-22-37)36-27-43-39(44-28-36)33-15-13-31(14-16-33)26-38(41(48)46-24-23-35(29-46)42(49)50)45-40(47)34-17-11-30(12-18-34)10-6-4-2/h11-22,27-28,35,38H,3-10,23-26,29H2,1-2H3,(H,45,47)(H,49,50). The van der Waals surface area contributed by atoms with E-state index in [2.05, 4.69) is 29.1 Å². The quantitative estimate of drug-likeness (QED) is 0.102. The maximum Gasteiger partial charge on any atom is 0.308 e. The van der Waals surface area contributed by atoms with Gasteiger partial charge in [-0.3, -0.25) is 14.4 Å². The highest BCUT2D eigenvalue weighted by molar-refractivity contribution is 5.97. The zero-order valence-electron chi connectivity index (χ0n) is 29.9. The Hall–Kier alpha value is -5.05. The van der Waals surface area contributed by atoms with Crippen molar-refractivity contribution in [3.05, 3.63) is 102 Å². The fourth-order valence-electron chi connectivity index (χ4n) is 6.32. The highest BCUT2D eigenvalue weighted by Crippen LogP contribution is 2.24. The van der Waals surface area contributed by atoms with Crippen LogP contribution in [0.4, 0.5) is 0 Å². The van der Waals surface area contributed by atoms with Crippen molar-refractivity contribution >= 4 is 17.8 Å². The Labute approximate surface area is 301 Å². The molecule has 0 radical (unpaired) electrons. The third kappa shape index (κ3) is 10.7. The third-order valence-electron chi connectivity index (χ3n) is 9.50. The molecule has 51 heavy (non-hydrogen) atoms. The maximum atomic E-state index is 13.7. The number of ether oxygens (including phenoxy) is 1. The number of aromatic nitrogens is 2. The summed E-state index contributed by atoms with van der Waals surface area (Å²) in [4.78, 5) is 49.4. The van der Waals surface area contributed by atoms with Crippen molar-refractivity contribution in [2.75, 3.05) is 19.7 Å². The van der Waals surface area contributed by atoms with Crippen LogP contribution in [-0.2, 0) is 22.4 Å². The minimum atomic E-state index is -0.911. The Bertz CT molecular complexity index is 1710. The number of nitrogens with one attached hydrogen (secondary N) is 1. The van der Waals surface area contributed by atoms with Crippen LogP contribution in [0.1, 0.15) is 86.7 Å². The minimum absolute atomic E-state index is 0.135. The second-order valence-corrected chi connectivity index (χ2v) is 13.4. The summed E-state index contributed by atoms with van der Waals surface area (Å²) in [5.74, 6) is -0.697. The van der Waals surface area contributed by atoms with Crippen LogP contribution in [0.25, 0.3) is 22.5 Å².